The number of allylic oxidation sites excluding steroid dienone is 3. The molecule has 0 saturated carbocycles. The van der Waals surface area contributed by atoms with E-state index in [9.17, 15) is 4.79 Å². The Morgan fingerprint density at radius 3 is 1.05 bits per heavy atom. The third-order valence-electron chi connectivity index (χ3n) is 7.61. The van der Waals surface area contributed by atoms with E-state index >= 15 is 0 Å². The summed E-state index contributed by atoms with van der Waals surface area (Å²) in [4.78, 5) is 13.8. The normalized spacial score (nSPS) is 12.1. The van der Waals surface area contributed by atoms with E-state index in [-0.39, 0.29) is 5.78 Å². The highest BCUT2D eigenvalue weighted by atomic mass is 31.2. The Morgan fingerprint density at radius 2 is 0.674 bits per heavy atom. The summed E-state index contributed by atoms with van der Waals surface area (Å²) in [6.45, 7) is 0. The van der Waals surface area contributed by atoms with Gasteiger partial charge in [0, 0.05) is 11.1 Å². The zero-order valence-electron chi connectivity index (χ0n) is 23.8. The van der Waals surface area contributed by atoms with Crippen molar-refractivity contribution < 1.29 is 4.79 Å². The quantitative estimate of drug-likeness (QED) is 0.0733. The molecule has 0 fully saturated rings. The molecule has 0 aliphatic rings. The largest absolute Gasteiger partial charge is 0.289 e. The zero-order chi connectivity index (χ0) is 29.3. The summed E-state index contributed by atoms with van der Waals surface area (Å²) in [6.07, 6.45) is 1.82. The van der Waals surface area contributed by atoms with Crippen molar-refractivity contribution >= 4 is 40.1 Å². The van der Waals surface area contributed by atoms with Crippen molar-refractivity contribution in [1.82, 2.24) is 0 Å². The van der Waals surface area contributed by atoms with Crippen LogP contribution in [0.4, 0.5) is 0 Å². The second-order valence-corrected chi connectivity index (χ2v) is 13.5. The van der Waals surface area contributed by atoms with Crippen LogP contribution in [0.5, 0.6) is 0 Å². The van der Waals surface area contributed by atoms with E-state index in [1.165, 1.54) is 15.9 Å². The fourth-order valence-electron chi connectivity index (χ4n) is 5.52. The first-order chi connectivity index (χ1) is 21.3. The Hall–Kier alpha value is -5.10. The number of hydrogen-bond acceptors (Lipinski definition) is 1. The Labute approximate surface area is 254 Å². The van der Waals surface area contributed by atoms with Gasteiger partial charge in [-0.3, -0.25) is 4.79 Å². The number of hydrogen-bond donors (Lipinski definition) is 0. The van der Waals surface area contributed by atoms with Gasteiger partial charge in [0.2, 0.25) is 0 Å². The number of ketones is 1. The minimum absolute atomic E-state index is 0.0237. The van der Waals surface area contributed by atoms with E-state index in [0.29, 0.717) is 5.56 Å². The zero-order valence-corrected chi connectivity index (χ0v) is 24.7. The molecule has 6 aromatic rings. The van der Waals surface area contributed by atoms with E-state index in [0.717, 1.165) is 22.3 Å². The molecule has 0 radical (unpaired) electrons. The maximum atomic E-state index is 13.8. The van der Waals surface area contributed by atoms with Crippen LogP contribution in [0.15, 0.2) is 194 Å². The van der Waals surface area contributed by atoms with E-state index in [2.05, 4.69) is 133 Å². The van der Waals surface area contributed by atoms with Crippen molar-refractivity contribution in [1.29, 1.82) is 0 Å². The van der Waals surface area contributed by atoms with Gasteiger partial charge in [0.05, 0.1) is 5.82 Å². The third kappa shape index (κ3) is 6.09. The van der Waals surface area contributed by atoms with Crippen LogP contribution in [0.3, 0.4) is 0 Å². The standard InChI is InChI=1S/C41H32OP/c42-41(35-23-11-3-12-24-35)31-39(33-19-7-1-8-20-33)40(34-21-9-2-10-22-34)32-43(36-25-13-4-14-26-36,37-27-15-5-16-28-37)38-29-17-6-18-30-38/h1-32H/q+1/b39-31+,40-32+. The summed E-state index contributed by atoms with van der Waals surface area (Å²) >= 11 is 0. The Bertz CT molecular complexity index is 1730. The van der Waals surface area contributed by atoms with Gasteiger partial charge in [0.1, 0.15) is 23.2 Å². The average molecular weight is 572 g/mol. The molecule has 6 aromatic carbocycles. The second kappa shape index (κ2) is 13.3. The van der Waals surface area contributed by atoms with Crippen molar-refractivity contribution in [2.45, 2.75) is 0 Å². The van der Waals surface area contributed by atoms with E-state index in [1.807, 2.05) is 60.7 Å². The molecule has 0 aliphatic carbocycles. The van der Waals surface area contributed by atoms with Gasteiger partial charge >= 0.3 is 0 Å². The minimum atomic E-state index is -2.38. The molecule has 0 aromatic heterocycles. The number of carbonyl (C=O) groups excluding carboxylic acids is 1. The molecule has 6 rings (SSSR count). The summed E-state index contributed by atoms with van der Waals surface area (Å²) in [5.41, 5.74) is 4.65. The number of carbonyl (C=O) groups is 1. The monoisotopic (exact) mass is 571 g/mol. The molecule has 2 heteroatoms. The molecule has 206 valence electrons. The fourth-order valence-corrected chi connectivity index (χ4v) is 9.47. The first-order valence-corrected chi connectivity index (χ1v) is 16.3. The summed E-state index contributed by atoms with van der Waals surface area (Å²) in [5.74, 6) is 2.45. The molecular weight excluding hydrogens is 539 g/mol. The van der Waals surface area contributed by atoms with Crippen LogP contribution in [-0.2, 0) is 0 Å². The molecule has 0 bridgehead atoms. The van der Waals surface area contributed by atoms with Gasteiger partial charge in [-0.15, -0.1) is 0 Å². The second-order valence-electron chi connectivity index (χ2n) is 10.3. The van der Waals surface area contributed by atoms with Crippen molar-refractivity contribution in [3.8, 4) is 0 Å². The molecule has 0 atom stereocenters. The Kier molecular flexibility index (Phi) is 8.64. The van der Waals surface area contributed by atoms with Crippen LogP contribution in [0.1, 0.15) is 21.5 Å². The summed E-state index contributed by atoms with van der Waals surface area (Å²) in [7, 11) is -2.38. The first kappa shape index (κ1) is 28.0. The first-order valence-electron chi connectivity index (χ1n) is 14.5. The lowest BCUT2D eigenvalue weighted by Crippen LogP contribution is -2.29. The molecular formula is C41H32OP+. The predicted molar refractivity (Wildman–Crippen MR) is 185 cm³/mol. The molecule has 0 spiro atoms. The van der Waals surface area contributed by atoms with Crippen LogP contribution >= 0.6 is 7.26 Å². The lowest BCUT2D eigenvalue weighted by Gasteiger charge is -2.26. The van der Waals surface area contributed by atoms with Crippen LogP contribution in [-0.4, -0.2) is 5.78 Å². The molecule has 0 N–H and O–H groups in total. The molecule has 1 nitrogen and oxygen atoms in total. The van der Waals surface area contributed by atoms with Crippen molar-refractivity contribution in [2.24, 2.45) is 0 Å². The third-order valence-corrected chi connectivity index (χ3v) is 11.6. The van der Waals surface area contributed by atoms with Crippen LogP contribution < -0.4 is 15.9 Å². The minimum Gasteiger partial charge on any atom is -0.289 e. The van der Waals surface area contributed by atoms with Gasteiger partial charge in [-0.1, -0.05) is 146 Å². The van der Waals surface area contributed by atoms with Gasteiger partial charge in [-0.2, -0.15) is 0 Å². The summed E-state index contributed by atoms with van der Waals surface area (Å²) < 4.78 is 0. The van der Waals surface area contributed by atoms with Crippen LogP contribution in [0.2, 0.25) is 0 Å². The molecule has 43 heavy (non-hydrogen) atoms. The van der Waals surface area contributed by atoms with Gasteiger partial charge in [-0.05, 0) is 59.2 Å². The van der Waals surface area contributed by atoms with E-state index in [1.54, 1.807) is 0 Å². The highest BCUT2D eigenvalue weighted by Gasteiger charge is 2.44. The van der Waals surface area contributed by atoms with E-state index in [4.69, 9.17) is 0 Å². The maximum Gasteiger partial charge on any atom is 0.186 e. The lowest BCUT2D eigenvalue weighted by atomic mass is 9.92. The van der Waals surface area contributed by atoms with Crippen LogP contribution in [0.25, 0.3) is 11.1 Å². The average Bonchev–Trinajstić information content (AvgIpc) is 3.10. The number of benzene rings is 6. The summed E-state index contributed by atoms with van der Waals surface area (Å²) in [5, 5.41) is 3.76. The van der Waals surface area contributed by atoms with Crippen molar-refractivity contribution in [3.63, 3.8) is 0 Å². The van der Waals surface area contributed by atoms with Crippen molar-refractivity contribution in [2.75, 3.05) is 0 Å². The van der Waals surface area contributed by atoms with Crippen LogP contribution in [0, 0.1) is 0 Å². The Morgan fingerprint density at radius 1 is 0.372 bits per heavy atom. The van der Waals surface area contributed by atoms with Gasteiger partial charge < -0.3 is 0 Å². The summed E-state index contributed by atoms with van der Waals surface area (Å²) in [6, 6.07) is 62.7. The van der Waals surface area contributed by atoms with Gasteiger partial charge in [0.15, 0.2) is 5.78 Å². The molecule has 0 saturated heterocycles. The van der Waals surface area contributed by atoms with E-state index < -0.39 is 7.26 Å². The number of rotatable bonds is 9. The Balaban J connectivity index is 1.73. The molecule has 0 unspecified atom stereocenters. The SMILES string of the molecule is O=C(/C=C(/C(=C/[P+](c1ccccc1)(c1ccccc1)c1ccccc1)c1ccccc1)c1ccccc1)c1ccccc1. The molecule has 0 amide bonds. The fraction of sp³-hybridized carbons (Fsp3) is 0. The van der Waals surface area contributed by atoms with Gasteiger partial charge in [0.25, 0.3) is 0 Å². The molecule has 0 heterocycles. The lowest BCUT2D eigenvalue weighted by molar-refractivity contribution is 0.104. The molecule has 0 aliphatic heterocycles. The highest BCUT2D eigenvalue weighted by molar-refractivity contribution is 7.98. The predicted octanol–water partition coefficient (Wildman–Crippen LogP) is 8.99. The van der Waals surface area contributed by atoms with Gasteiger partial charge in [-0.25, -0.2) is 0 Å². The topological polar surface area (TPSA) is 17.1 Å². The maximum absolute atomic E-state index is 13.8. The smallest absolute Gasteiger partial charge is 0.186 e. The van der Waals surface area contributed by atoms with Crippen molar-refractivity contribution in [3.05, 3.63) is 211 Å². The highest BCUT2D eigenvalue weighted by Crippen LogP contribution is 2.59.